The highest BCUT2D eigenvalue weighted by Gasteiger charge is 2.15. The van der Waals surface area contributed by atoms with Crippen molar-refractivity contribution in [2.45, 2.75) is 33.2 Å². The molecule has 1 N–H and O–H groups in total. The van der Waals surface area contributed by atoms with Gasteiger partial charge in [-0.25, -0.2) is 9.37 Å². The maximum absolute atomic E-state index is 14.1. The molecule has 0 fully saturated rings. The third-order valence-electron chi connectivity index (χ3n) is 2.98. The van der Waals surface area contributed by atoms with Gasteiger partial charge in [0.25, 0.3) is 0 Å². The highest BCUT2D eigenvalue weighted by molar-refractivity contribution is 7.15. The Balaban J connectivity index is 2.39. The Morgan fingerprint density at radius 2 is 2.15 bits per heavy atom. The summed E-state index contributed by atoms with van der Waals surface area (Å²) in [5, 5.41) is 4.16. The third-order valence-corrected chi connectivity index (χ3v) is 4.41. The number of thiazole rings is 1. The molecule has 0 amide bonds. The van der Waals surface area contributed by atoms with Crippen molar-refractivity contribution in [3.63, 3.8) is 0 Å². The van der Waals surface area contributed by atoms with Gasteiger partial charge in [-0.1, -0.05) is 37.9 Å². The first kappa shape index (κ1) is 15.4. The van der Waals surface area contributed by atoms with Crippen LogP contribution in [0.2, 0.25) is 5.02 Å². The van der Waals surface area contributed by atoms with Crippen LogP contribution in [-0.4, -0.2) is 11.5 Å². The molecule has 0 atom stereocenters. The molecule has 1 heterocycles. The summed E-state index contributed by atoms with van der Waals surface area (Å²) in [6.07, 6.45) is 1.94. The van der Waals surface area contributed by atoms with Crippen LogP contribution in [-0.2, 0) is 13.0 Å². The highest BCUT2D eigenvalue weighted by atomic mass is 35.5. The van der Waals surface area contributed by atoms with Crippen LogP contribution < -0.4 is 5.32 Å². The molecule has 2 nitrogen and oxygen atoms in total. The SMILES string of the molecule is CCCc1nc(-c2cccc(Cl)c2F)sc1CNCC. The van der Waals surface area contributed by atoms with Crippen LogP contribution in [0.15, 0.2) is 18.2 Å². The van der Waals surface area contributed by atoms with Crippen molar-refractivity contribution in [1.82, 2.24) is 10.3 Å². The molecule has 1 aromatic carbocycles. The summed E-state index contributed by atoms with van der Waals surface area (Å²) in [7, 11) is 0. The third kappa shape index (κ3) is 3.37. The Morgan fingerprint density at radius 1 is 1.35 bits per heavy atom. The van der Waals surface area contributed by atoms with Crippen molar-refractivity contribution >= 4 is 22.9 Å². The molecule has 1 aromatic heterocycles. The lowest BCUT2D eigenvalue weighted by molar-refractivity contribution is 0.631. The van der Waals surface area contributed by atoms with E-state index in [1.165, 1.54) is 4.88 Å². The Hall–Kier alpha value is -0.970. The number of nitrogens with one attached hydrogen (secondary N) is 1. The number of aromatic nitrogens is 1. The minimum atomic E-state index is -0.388. The maximum atomic E-state index is 14.1. The van der Waals surface area contributed by atoms with Gasteiger partial charge < -0.3 is 5.32 Å². The number of aryl methyl sites for hydroxylation is 1. The second-order valence-electron chi connectivity index (χ2n) is 4.52. The Labute approximate surface area is 128 Å². The molecule has 0 aliphatic rings. The maximum Gasteiger partial charge on any atom is 0.152 e. The molecule has 0 aliphatic carbocycles. The molecule has 0 saturated carbocycles. The van der Waals surface area contributed by atoms with E-state index in [0.29, 0.717) is 10.6 Å². The van der Waals surface area contributed by atoms with Gasteiger partial charge in [-0.05, 0) is 25.1 Å². The van der Waals surface area contributed by atoms with Gasteiger partial charge in [-0.2, -0.15) is 0 Å². The van der Waals surface area contributed by atoms with Gasteiger partial charge in [-0.15, -0.1) is 11.3 Å². The zero-order valence-electron chi connectivity index (χ0n) is 11.7. The van der Waals surface area contributed by atoms with E-state index in [9.17, 15) is 4.39 Å². The Morgan fingerprint density at radius 3 is 2.85 bits per heavy atom. The summed E-state index contributed by atoms with van der Waals surface area (Å²) in [5.41, 5.74) is 1.55. The molecular formula is C15H18ClFN2S. The van der Waals surface area contributed by atoms with Crippen molar-refractivity contribution in [2.75, 3.05) is 6.54 Å². The van der Waals surface area contributed by atoms with E-state index in [1.807, 2.05) is 0 Å². The molecule has 2 rings (SSSR count). The van der Waals surface area contributed by atoms with E-state index >= 15 is 0 Å². The standard InChI is InChI=1S/C15H18ClFN2S/c1-3-6-12-13(9-18-4-2)20-15(19-12)10-7-5-8-11(16)14(10)17/h5,7-8,18H,3-4,6,9H2,1-2H3. The van der Waals surface area contributed by atoms with Crippen molar-refractivity contribution < 1.29 is 4.39 Å². The molecule has 0 aliphatic heterocycles. The fourth-order valence-corrected chi connectivity index (χ4v) is 3.25. The minimum absolute atomic E-state index is 0.142. The van der Waals surface area contributed by atoms with E-state index in [4.69, 9.17) is 11.6 Å². The number of hydrogen-bond acceptors (Lipinski definition) is 3. The summed E-state index contributed by atoms with van der Waals surface area (Å²) in [5.74, 6) is -0.388. The number of halogens is 2. The molecule has 0 spiro atoms. The molecule has 108 valence electrons. The lowest BCUT2D eigenvalue weighted by Gasteiger charge is -2.00. The van der Waals surface area contributed by atoms with Crippen LogP contribution in [0.25, 0.3) is 10.6 Å². The van der Waals surface area contributed by atoms with Crippen LogP contribution in [0, 0.1) is 5.82 Å². The quantitative estimate of drug-likeness (QED) is 0.838. The normalized spacial score (nSPS) is 11.0. The fraction of sp³-hybridized carbons (Fsp3) is 0.400. The van der Waals surface area contributed by atoms with Crippen molar-refractivity contribution in [1.29, 1.82) is 0 Å². The van der Waals surface area contributed by atoms with Gasteiger partial charge in [0, 0.05) is 17.0 Å². The van der Waals surface area contributed by atoms with Gasteiger partial charge in [0.1, 0.15) is 5.01 Å². The molecule has 5 heteroatoms. The van der Waals surface area contributed by atoms with Gasteiger partial charge in [0.2, 0.25) is 0 Å². The zero-order valence-corrected chi connectivity index (χ0v) is 13.2. The first-order valence-corrected chi connectivity index (χ1v) is 8.00. The lowest BCUT2D eigenvalue weighted by atomic mass is 10.2. The monoisotopic (exact) mass is 312 g/mol. The van der Waals surface area contributed by atoms with Gasteiger partial charge >= 0.3 is 0 Å². The average molecular weight is 313 g/mol. The summed E-state index contributed by atoms with van der Waals surface area (Å²) in [4.78, 5) is 5.79. The summed E-state index contributed by atoms with van der Waals surface area (Å²) in [6, 6.07) is 5.04. The summed E-state index contributed by atoms with van der Waals surface area (Å²) >= 11 is 7.39. The lowest BCUT2D eigenvalue weighted by Crippen LogP contribution is -2.11. The number of nitrogens with zero attached hydrogens (tertiary/aromatic N) is 1. The van der Waals surface area contributed by atoms with Crippen LogP contribution in [0.1, 0.15) is 30.8 Å². The molecule has 0 unspecified atom stereocenters. The summed E-state index contributed by atoms with van der Waals surface area (Å²) < 4.78 is 14.1. The van der Waals surface area contributed by atoms with Crippen molar-refractivity contribution in [3.8, 4) is 10.6 Å². The van der Waals surface area contributed by atoms with Crippen molar-refractivity contribution in [2.24, 2.45) is 0 Å². The number of hydrogen-bond donors (Lipinski definition) is 1. The van der Waals surface area contributed by atoms with Crippen LogP contribution in [0.5, 0.6) is 0 Å². The molecule has 0 radical (unpaired) electrons. The number of rotatable bonds is 6. The van der Waals surface area contributed by atoms with E-state index in [2.05, 4.69) is 24.1 Å². The Bertz CT molecular complexity index is 583. The van der Waals surface area contributed by atoms with E-state index < -0.39 is 0 Å². The summed E-state index contributed by atoms with van der Waals surface area (Å²) in [6.45, 7) is 5.88. The first-order chi connectivity index (χ1) is 9.67. The topological polar surface area (TPSA) is 24.9 Å². The number of benzene rings is 1. The molecular weight excluding hydrogens is 295 g/mol. The van der Waals surface area contributed by atoms with E-state index in [0.717, 1.165) is 31.6 Å². The van der Waals surface area contributed by atoms with Crippen molar-refractivity contribution in [3.05, 3.63) is 39.6 Å². The van der Waals surface area contributed by atoms with Crippen LogP contribution in [0.3, 0.4) is 0 Å². The smallest absolute Gasteiger partial charge is 0.152 e. The van der Waals surface area contributed by atoms with Crippen LogP contribution in [0.4, 0.5) is 4.39 Å². The van der Waals surface area contributed by atoms with E-state index in [-0.39, 0.29) is 10.8 Å². The predicted octanol–water partition coefficient (Wildman–Crippen LogP) is 4.66. The molecule has 0 bridgehead atoms. The molecule has 0 saturated heterocycles. The molecule has 2 aromatic rings. The fourth-order valence-electron chi connectivity index (χ4n) is 1.98. The predicted molar refractivity (Wildman–Crippen MR) is 83.9 cm³/mol. The highest BCUT2D eigenvalue weighted by Crippen LogP contribution is 2.33. The average Bonchev–Trinajstić information content (AvgIpc) is 2.83. The van der Waals surface area contributed by atoms with Gasteiger partial charge in [0.05, 0.1) is 10.7 Å². The second kappa shape index (κ2) is 7.16. The van der Waals surface area contributed by atoms with Crippen LogP contribution >= 0.6 is 22.9 Å². The first-order valence-electron chi connectivity index (χ1n) is 6.81. The largest absolute Gasteiger partial charge is 0.312 e. The second-order valence-corrected chi connectivity index (χ2v) is 6.01. The van der Waals surface area contributed by atoms with Gasteiger partial charge in [-0.3, -0.25) is 0 Å². The molecule has 20 heavy (non-hydrogen) atoms. The van der Waals surface area contributed by atoms with Gasteiger partial charge in [0.15, 0.2) is 5.82 Å². The zero-order chi connectivity index (χ0) is 14.5. The minimum Gasteiger partial charge on any atom is -0.312 e. The Kier molecular flexibility index (Phi) is 5.52. The van der Waals surface area contributed by atoms with E-state index in [1.54, 1.807) is 29.5 Å².